The molecule has 3 aromatic rings. The van der Waals surface area contributed by atoms with E-state index in [9.17, 15) is 4.79 Å². The molecular formula is C26H26ClN3OS2. The maximum Gasteiger partial charge on any atom is 0.266 e. The van der Waals surface area contributed by atoms with Crippen molar-refractivity contribution < 1.29 is 4.79 Å². The lowest BCUT2D eigenvalue weighted by Crippen LogP contribution is -2.29. The molecule has 2 heterocycles. The molecule has 33 heavy (non-hydrogen) atoms. The van der Waals surface area contributed by atoms with Gasteiger partial charge in [-0.05, 0) is 36.8 Å². The van der Waals surface area contributed by atoms with E-state index in [1.54, 1.807) is 4.90 Å². The number of nitrogens with zero attached hydrogens (tertiary/aromatic N) is 3. The van der Waals surface area contributed by atoms with E-state index in [4.69, 9.17) is 28.9 Å². The number of thiocarbonyl (C=S) groups is 1. The highest BCUT2D eigenvalue weighted by Crippen LogP contribution is 2.35. The van der Waals surface area contributed by atoms with Gasteiger partial charge in [0, 0.05) is 28.9 Å². The summed E-state index contributed by atoms with van der Waals surface area (Å²) >= 11 is 13.0. The Morgan fingerprint density at radius 3 is 2.48 bits per heavy atom. The molecule has 0 aliphatic carbocycles. The second kappa shape index (κ2) is 11.1. The second-order valence-electron chi connectivity index (χ2n) is 7.97. The van der Waals surface area contributed by atoms with Crippen molar-refractivity contribution in [1.29, 1.82) is 0 Å². The highest BCUT2D eigenvalue weighted by Gasteiger charge is 2.32. The molecule has 0 spiro atoms. The lowest BCUT2D eigenvalue weighted by molar-refractivity contribution is -0.122. The van der Waals surface area contributed by atoms with Gasteiger partial charge < -0.3 is 0 Å². The van der Waals surface area contributed by atoms with E-state index in [1.807, 2.05) is 71.6 Å². The zero-order valence-corrected chi connectivity index (χ0v) is 20.9. The number of hydrogen-bond donors (Lipinski definition) is 0. The molecule has 170 valence electrons. The predicted octanol–water partition coefficient (Wildman–Crippen LogP) is 7.36. The number of amides is 1. The fraction of sp³-hybridized carbons (Fsp3) is 0.269. The average Bonchev–Trinajstić information content (AvgIpc) is 3.36. The standard InChI is InChI=1S/C26H26ClN3OS2/c1-2-3-4-5-9-16-29-25(31)23(33-26(29)32)17-20-18-30(22-10-7-6-8-11-22)28-24(20)19-12-14-21(27)15-13-19/h6-8,10-15,17-18H,2-5,9,16H2,1H3. The van der Waals surface area contributed by atoms with Gasteiger partial charge in [0.2, 0.25) is 0 Å². The number of carbonyl (C=O) groups is 1. The van der Waals surface area contributed by atoms with Crippen molar-refractivity contribution >= 4 is 51.9 Å². The first-order valence-corrected chi connectivity index (χ1v) is 12.8. The van der Waals surface area contributed by atoms with Crippen molar-refractivity contribution in [3.63, 3.8) is 0 Å². The summed E-state index contributed by atoms with van der Waals surface area (Å²) in [4.78, 5) is 15.5. The van der Waals surface area contributed by atoms with Gasteiger partial charge in [0.25, 0.3) is 5.91 Å². The molecule has 1 aliphatic heterocycles. The Bertz CT molecular complexity index is 1160. The van der Waals surface area contributed by atoms with Crippen LogP contribution in [0, 0.1) is 0 Å². The van der Waals surface area contributed by atoms with Crippen LogP contribution in [0.2, 0.25) is 5.02 Å². The molecule has 1 aromatic heterocycles. The Morgan fingerprint density at radius 1 is 1.03 bits per heavy atom. The van der Waals surface area contributed by atoms with Crippen LogP contribution in [0.4, 0.5) is 0 Å². The van der Waals surface area contributed by atoms with Crippen LogP contribution in [-0.4, -0.2) is 31.5 Å². The van der Waals surface area contributed by atoms with Gasteiger partial charge in [-0.1, -0.05) is 98.5 Å². The summed E-state index contributed by atoms with van der Waals surface area (Å²) < 4.78 is 2.47. The minimum atomic E-state index is -0.0185. The molecule has 0 atom stereocenters. The molecule has 7 heteroatoms. The lowest BCUT2D eigenvalue weighted by Gasteiger charge is -2.13. The number of aromatic nitrogens is 2. The minimum Gasteiger partial charge on any atom is -0.293 e. The van der Waals surface area contributed by atoms with Crippen LogP contribution < -0.4 is 0 Å². The van der Waals surface area contributed by atoms with Gasteiger partial charge in [0.15, 0.2) is 0 Å². The molecule has 0 unspecified atom stereocenters. The number of hydrogen-bond acceptors (Lipinski definition) is 4. The van der Waals surface area contributed by atoms with E-state index in [0.29, 0.717) is 20.8 Å². The Kier molecular flexibility index (Phi) is 8.02. The van der Waals surface area contributed by atoms with Crippen molar-refractivity contribution in [2.24, 2.45) is 0 Å². The van der Waals surface area contributed by atoms with Gasteiger partial charge in [-0.2, -0.15) is 5.10 Å². The third kappa shape index (κ3) is 5.75. The quantitative estimate of drug-likeness (QED) is 0.176. The van der Waals surface area contributed by atoms with Crippen LogP contribution in [0.5, 0.6) is 0 Å². The summed E-state index contributed by atoms with van der Waals surface area (Å²) in [7, 11) is 0. The Balaban J connectivity index is 1.62. The molecule has 1 saturated heterocycles. The lowest BCUT2D eigenvalue weighted by atomic mass is 10.1. The number of para-hydroxylation sites is 1. The molecule has 1 amide bonds. The third-order valence-electron chi connectivity index (χ3n) is 5.53. The summed E-state index contributed by atoms with van der Waals surface area (Å²) in [5, 5.41) is 5.49. The molecule has 4 rings (SSSR count). The first-order chi connectivity index (χ1) is 16.1. The van der Waals surface area contributed by atoms with Gasteiger partial charge in [-0.25, -0.2) is 4.68 Å². The minimum absolute atomic E-state index is 0.0185. The van der Waals surface area contributed by atoms with E-state index in [0.717, 1.165) is 35.3 Å². The number of benzene rings is 2. The number of halogens is 1. The van der Waals surface area contributed by atoms with Gasteiger partial charge >= 0.3 is 0 Å². The van der Waals surface area contributed by atoms with Crippen molar-refractivity contribution in [1.82, 2.24) is 14.7 Å². The second-order valence-corrected chi connectivity index (χ2v) is 10.1. The van der Waals surface area contributed by atoms with Crippen LogP contribution in [0.3, 0.4) is 0 Å². The van der Waals surface area contributed by atoms with E-state index < -0.39 is 0 Å². The Hall–Kier alpha value is -2.41. The molecule has 0 N–H and O–H groups in total. The molecule has 0 saturated carbocycles. The topological polar surface area (TPSA) is 38.1 Å². The molecule has 2 aromatic carbocycles. The Morgan fingerprint density at radius 2 is 1.76 bits per heavy atom. The SMILES string of the molecule is CCCCCCCN1C(=O)C(=Cc2cn(-c3ccccc3)nc2-c2ccc(Cl)cc2)SC1=S. The molecule has 0 radical (unpaired) electrons. The van der Waals surface area contributed by atoms with Crippen LogP contribution in [0.25, 0.3) is 23.0 Å². The van der Waals surface area contributed by atoms with E-state index in [-0.39, 0.29) is 5.91 Å². The number of thioether (sulfide) groups is 1. The first-order valence-electron chi connectivity index (χ1n) is 11.2. The van der Waals surface area contributed by atoms with Crippen LogP contribution in [-0.2, 0) is 4.79 Å². The predicted molar refractivity (Wildman–Crippen MR) is 143 cm³/mol. The number of unbranched alkanes of at least 4 members (excludes halogenated alkanes) is 4. The van der Waals surface area contributed by atoms with Crippen molar-refractivity contribution in [3.05, 3.63) is 76.3 Å². The van der Waals surface area contributed by atoms with Crippen molar-refractivity contribution in [2.45, 2.75) is 39.0 Å². The Labute approximate surface area is 209 Å². The van der Waals surface area contributed by atoms with Crippen LogP contribution in [0.1, 0.15) is 44.6 Å². The van der Waals surface area contributed by atoms with E-state index in [2.05, 4.69) is 6.92 Å². The van der Waals surface area contributed by atoms with Gasteiger partial charge in [-0.3, -0.25) is 9.69 Å². The summed E-state index contributed by atoms with van der Waals surface area (Å²) in [5.74, 6) is -0.0185. The van der Waals surface area contributed by atoms with Crippen LogP contribution >= 0.6 is 35.6 Å². The largest absolute Gasteiger partial charge is 0.293 e. The summed E-state index contributed by atoms with van der Waals surface area (Å²) in [6.07, 6.45) is 9.59. The van der Waals surface area contributed by atoms with Crippen molar-refractivity contribution in [3.8, 4) is 16.9 Å². The monoisotopic (exact) mass is 495 g/mol. The molecule has 1 fully saturated rings. The van der Waals surface area contributed by atoms with Crippen LogP contribution in [0.15, 0.2) is 65.7 Å². The normalized spacial score (nSPS) is 15.1. The van der Waals surface area contributed by atoms with E-state index >= 15 is 0 Å². The summed E-state index contributed by atoms with van der Waals surface area (Å²) in [6.45, 7) is 2.88. The highest BCUT2D eigenvalue weighted by atomic mass is 35.5. The molecule has 1 aliphatic rings. The first kappa shape index (κ1) is 23.7. The smallest absolute Gasteiger partial charge is 0.266 e. The fourth-order valence-electron chi connectivity index (χ4n) is 3.75. The maximum atomic E-state index is 13.1. The van der Waals surface area contributed by atoms with Gasteiger partial charge in [0.05, 0.1) is 16.3 Å². The zero-order valence-electron chi connectivity index (χ0n) is 18.5. The third-order valence-corrected chi connectivity index (χ3v) is 7.16. The van der Waals surface area contributed by atoms with E-state index in [1.165, 1.54) is 31.0 Å². The van der Waals surface area contributed by atoms with Crippen molar-refractivity contribution in [2.75, 3.05) is 6.54 Å². The zero-order chi connectivity index (χ0) is 23.2. The number of rotatable bonds is 9. The summed E-state index contributed by atoms with van der Waals surface area (Å²) in [6, 6.07) is 17.5. The molecule has 4 nitrogen and oxygen atoms in total. The molecule has 0 bridgehead atoms. The van der Waals surface area contributed by atoms with Gasteiger partial charge in [0.1, 0.15) is 4.32 Å². The average molecular weight is 496 g/mol. The molecular weight excluding hydrogens is 470 g/mol. The fourth-order valence-corrected chi connectivity index (χ4v) is 5.17. The maximum absolute atomic E-state index is 13.1. The number of carbonyl (C=O) groups excluding carboxylic acids is 1. The van der Waals surface area contributed by atoms with Gasteiger partial charge in [-0.15, -0.1) is 0 Å². The summed E-state index contributed by atoms with van der Waals surface area (Å²) in [5.41, 5.74) is 3.55. The highest BCUT2D eigenvalue weighted by molar-refractivity contribution is 8.26.